The second kappa shape index (κ2) is 4.68. The number of nitrogens with zero attached hydrogens (tertiary/aromatic N) is 3. The molecular weight excluding hydrogens is 240 g/mol. The van der Waals surface area contributed by atoms with E-state index in [0.29, 0.717) is 18.7 Å². The molecule has 0 saturated heterocycles. The third kappa shape index (κ3) is 2.14. The van der Waals surface area contributed by atoms with Gasteiger partial charge in [-0.05, 0) is 29.7 Å². The lowest BCUT2D eigenvalue weighted by atomic mass is 9.97. The molecule has 1 aromatic heterocycles. The maximum absolute atomic E-state index is 12.3. The van der Waals surface area contributed by atoms with Crippen LogP contribution in [-0.4, -0.2) is 27.5 Å². The smallest absolute Gasteiger partial charge is 0.255 e. The monoisotopic (exact) mass is 254 g/mol. The average molecular weight is 254 g/mol. The second-order valence-corrected chi connectivity index (χ2v) is 4.59. The number of carbonyl (C=O) groups excluding carboxylic acids is 1. The molecule has 5 heteroatoms. The number of fused-ring (bicyclic) bond motifs is 1. The lowest BCUT2D eigenvalue weighted by Crippen LogP contribution is -2.36. The van der Waals surface area contributed by atoms with Crippen molar-refractivity contribution in [1.82, 2.24) is 15.1 Å². The maximum Gasteiger partial charge on any atom is 0.255 e. The third-order valence-corrected chi connectivity index (χ3v) is 3.42. The Morgan fingerprint density at radius 1 is 1.26 bits per heavy atom. The summed E-state index contributed by atoms with van der Waals surface area (Å²) in [5.41, 5.74) is 9.63. The van der Waals surface area contributed by atoms with E-state index in [1.54, 1.807) is 6.07 Å². The Labute approximate surface area is 111 Å². The lowest BCUT2D eigenvalue weighted by Gasteiger charge is -2.29. The van der Waals surface area contributed by atoms with Gasteiger partial charge in [0.1, 0.15) is 0 Å². The van der Waals surface area contributed by atoms with E-state index < -0.39 is 0 Å². The van der Waals surface area contributed by atoms with Crippen LogP contribution in [-0.2, 0) is 13.0 Å². The maximum atomic E-state index is 12.3. The van der Waals surface area contributed by atoms with Gasteiger partial charge in [-0.3, -0.25) is 4.79 Å². The first-order valence-electron chi connectivity index (χ1n) is 6.18. The first-order chi connectivity index (χ1) is 9.25. The number of hydrogen-bond donors (Lipinski definition) is 1. The summed E-state index contributed by atoms with van der Waals surface area (Å²) < 4.78 is 0. The van der Waals surface area contributed by atoms with Crippen molar-refractivity contribution in [3.05, 3.63) is 53.3 Å². The number of anilines is 1. The van der Waals surface area contributed by atoms with Crippen LogP contribution in [0.3, 0.4) is 0 Å². The van der Waals surface area contributed by atoms with Crippen LogP contribution in [0.15, 0.2) is 36.7 Å². The van der Waals surface area contributed by atoms with Gasteiger partial charge in [0, 0.05) is 18.8 Å². The van der Waals surface area contributed by atoms with Crippen molar-refractivity contribution in [2.24, 2.45) is 0 Å². The number of carbonyl (C=O) groups is 1. The molecule has 2 aromatic rings. The van der Waals surface area contributed by atoms with Crippen LogP contribution in [0.1, 0.15) is 21.5 Å². The van der Waals surface area contributed by atoms with Crippen molar-refractivity contribution >= 4 is 11.6 Å². The van der Waals surface area contributed by atoms with Gasteiger partial charge in [-0.1, -0.05) is 12.1 Å². The minimum absolute atomic E-state index is 0.0111. The molecule has 3 rings (SSSR count). The fraction of sp³-hybridized carbons (Fsp3) is 0.214. The largest absolute Gasteiger partial charge is 0.398 e. The van der Waals surface area contributed by atoms with Crippen LogP contribution < -0.4 is 5.73 Å². The number of hydrogen-bond acceptors (Lipinski definition) is 4. The fourth-order valence-corrected chi connectivity index (χ4v) is 2.41. The fourth-order valence-electron chi connectivity index (χ4n) is 2.41. The van der Waals surface area contributed by atoms with E-state index in [1.165, 1.54) is 18.0 Å². The highest BCUT2D eigenvalue weighted by atomic mass is 16.2. The number of aromatic nitrogens is 2. The molecule has 1 aliphatic rings. The van der Waals surface area contributed by atoms with Gasteiger partial charge in [0.25, 0.3) is 5.91 Å². The summed E-state index contributed by atoms with van der Waals surface area (Å²) in [5.74, 6) is -0.0111. The number of benzene rings is 1. The molecule has 1 aromatic carbocycles. The van der Waals surface area contributed by atoms with Gasteiger partial charge in [0.2, 0.25) is 0 Å². The number of amides is 1. The van der Waals surface area contributed by atoms with E-state index >= 15 is 0 Å². The quantitative estimate of drug-likeness (QED) is 0.777. The van der Waals surface area contributed by atoms with Gasteiger partial charge in [0.15, 0.2) is 0 Å². The Bertz CT molecular complexity index is 612. The highest BCUT2D eigenvalue weighted by Gasteiger charge is 2.22. The SMILES string of the molecule is Nc1cccc2c1CCN(C(=O)c1ccnnc1)C2. The standard InChI is InChI=1S/C14H14N4O/c15-13-3-1-2-11-9-18(7-5-12(11)13)14(19)10-4-6-16-17-8-10/h1-4,6,8H,5,7,9,15H2. The Hall–Kier alpha value is -2.43. The molecule has 96 valence electrons. The van der Waals surface area contributed by atoms with Crippen molar-refractivity contribution in [2.45, 2.75) is 13.0 Å². The normalized spacial score (nSPS) is 14.0. The predicted molar refractivity (Wildman–Crippen MR) is 71.3 cm³/mol. The molecule has 0 radical (unpaired) electrons. The molecule has 5 nitrogen and oxygen atoms in total. The van der Waals surface area contributed by atoms with Crippen LogP contribution in [0.5, 0.6) is 0 Å². The summed E-state index contributed by atoms with van der Waals surface area (Å²) in [4.78, 5) is 14.1. The van der Waals surface area contributed by atoms with Gasteiger partial charge in [-0.15, -0.1) is 0 Å². The van der Waals surface area contributed by atoms with Crippen LogP contribution in [0.25, 0.3) is 0 Å². The second-order valence-electron chi connectivity index (χ2n) is 4.59. The zero-order chi connectivity index (χ0) is 13.2. The Balaban J connectivity index is 1.85. The van der Waals surface area contributed by atoms with E-state index in [0.717, 1.165) is 17.7 Å². The summed E-state index contributed by atoms with van der Waals surface area (Å²) in [5, 5.41) is 7.42. The summed E-state index contributed by atoms with van der Waals surface area (Å²) in [7, 11) is 0. The number of nitrogens with two attached hydrogens (primary N) is 1. The van der Waals surface area contributed by atoms with Gasteiger partial charge in [-0.25, -0.2) is 0 Å². The van der Waals surface area contributed by atoms with Gasteiger partial charge in [-0.2, -0.15) is 10.2 Å². The zero-order valence-corrected chi connectivity index (χ0v) is 10.4. The summed E-state index contributed by atoms with van der Waals surface area (Å²) >= 11 is 0. The van der Waals surface area contributed by atoms with E-state index in [2.05, 4.69) is 10.2 Å². The number of nitrogen functional groups attached to an aromatic ring is 1. The van der Waals surface area contributed by atoms with Gasteiger partial charge >= 0.3 is 0 Å². The molecule has 0 bridgehead atoms. The van der Waals surface area contributed by atoms with Crippen molar-refractivity contribution in [3.8, 4) is 0 Å². The van der Waals surface area contributed by atoms with Crippen molar-refractivity contribution in [3.63, 3.8) is 0 Å². The molecular formula is C14H14N4O. The minimum atomic E-state index is -0.0111. The topological polar surface area (TPSA) is 72.1 Å². The molecule has 19 heavy (non-hydrogen) atoms. The van der Waals surface area contributed by atoms with E-state index in [-0.39, 0.29) is 5.91 Å². The van der Waals surface area contributed by atoms with Crippen molar-refractivity contribution < 1.29 is 4.79 Å². The molecule has 0 saturated carbocycles. The third-order valence-electron chi connectivity index (χ3n) is 3.42. The molecule has 2 N–H and O–H groups in total. The molecule has 1 amide bonds. The minimum Gasteiger partial charge on any atom is -0.398 e. The molecule has 1 aliphatic heterocycles. The molecule has 0 spiro atoms. The van der Waals surface area contributed by atoms with Crippen LogP contribution in [0.2, 0.25) is 0 Å². The average Bonchev–Trinajstić information content (AvgIpc) is 2.47. The van der Waals surface area contributed by atoms with E-state index in [9.17, 15) is 4.79 Å². The zero-order valence-electron chi connectivity index (χ0n) is 10.4. The van der Waals surface area contributed by atoms with Crippen LogP contribution >= 0.6 is 0 Å². The van der Waals surface area contributed by atoms with Crippen molar-refractivity contribution in [1.29, 1.82) is 0 Å². The van der Waals surface area contributed by atoms with Crippen molar-refractivity contribution in [2.75, 3.05) is 12.3 Å². The predicted octanol–water partition coefficient (Wildman–Crippen LogP) is 1.26. The van der Waals surface area contributed by atoms with E-state index in [1.807, 2.05) is 23.1 Å². The molecule has 0 aliphatic carbocycles. The Kier molecular flexibility index (Phi) is 2.87. The van der Waals surface area contributed by atoms with Gasteiger partial charge < -0.3 is 10.6 Å². The highest BCUT2D eigenvalue weighted by molar-refractivity contribution is 5.94. The Morgan fingerprint density at radius 3 is 2.95 bits per heavy atom. The highest BCUT2D eigenvalue weighted by Crippen LogP contribution is 2.24. The van der Waals surface area contributed by atoms with Gasteiger partial charge in [0.05, 0.1) is 18.0 Å². The molecule has 0 fully saturated rings. The Morgan fingerprint density at radius 2 is 2.16 bits per heavy atom. The van der Waals surface area contributed by atoms with Crippen LogP contribution in [0.4, 0.5) is 5.69 Å². The number of rotatable bonds is 1. The lowest BCUT2D eigenvalue weighted by molar-refractivity contribution is 0.0734. The molecule has 0 unspecified atom stereocenters. The van der Waals surface area contributed by atoms with Crippen LogP contribution in [0, 0.1) is 0 Å². The summed E-state index contributed by atoms with van der Waals surface area (Å²) in [6, 6.07) is 7.54. The molecule has 0 atom stereocenters. The summed E-state index contributed by atoms with van der Waals surface area (Å²) in [6.07, 6.45) is 3.83. The molecule has 2 heterocycles. The van der Waals surface area contributed by atoms with E-state index in [4.69, 9.17) is 5.73 Å². The summed E-state index contributed by atoms with van der Waals surface area (Å²) in [6.45, 7) is 1.28. The first kappa shape index (κ1) is 11.6. The first-order valence-corrected chi connectivity index (χ1v) is 6.18.